The number of hydrogen-bond donors (Lipinski definition) is 1. The van der Waals surface area contributed by atoms with Gasteiger partial charge in [-0.1, -0.05) is 6.07 Å². The Bertz CT molecular complexity index is 558. The highest BCUT2D eigenvalue weighted by Crippen LogP contribution is 2.31. The minimum atomic E-state index is 0.0399. The monoisotopic (exact) mass is 332 g/mol. The SMILES string of the molecule is CN(C)c1ncccc1CNC(=O)N1CC[C@@H](C2CCOCC2)C1. The smallest absolute Gasteiger partial charge is 0.317 e. The number of rotatable bonds is 4. The molecule has 3 rings (SSSR count). The molecule has 24 heavy (non-hydrogen) atoms. The second-order valence-corrected chi connectivity index (χ2v) is 6.98. The number of urea groups is 1. The van der Waals surface area contributed by atoms with Gasteiger partial charge in [0.05, 0.1) is 0 Å². The minimum Gasteiger partial charge on any atom is -0.381 e. The van der Waals surface area contributed by atoms with Crippen LogP contribution in [0, 0.1) is 11.8 Å². The second-order valence-electron chi connectivity index (χ2n) is 6.98. The summed E-state index contributed by atoms with van der Waals surface area (Å²) < 4.78 is 5.45. The van der Waals surface area contributed by atoms with Crippen LogP contribution in [0.2, 0.25) is 0 Å². The van der Waals surface area contributed by atoms with Gasteiger partial charge in [0.2, 0.25) is 0 Å². The second kappa shape index (κ2) is 7.83. The van der Waals surface area contributed by atoms with Crippen LogP contribution in [0.15, 0.2) is 18.3 Å². The molecule has 0 aliphatic carbocycles. The van der Waals surface area contributed by atoms with E-state index < -0.39 is 0 Å². The first-order valence-electron chi connectivity index (χ1n) is 8.87. The van der Waals surface area contributed by atoms with Crippen LogP contribution in [0.1, 0.15) is 24.8 Å². The molecule has 0 saturated carbocycles. The molecule has 6 heteroatoms. The number of amides is 2. The van der Waals surface area contributed by atoms with Crippen LogP contribution >= 0.6 is 0 Å². The Morgan fingerprint density at radius 3 is 2.88 bits per heavy atom. The van der Waals surface area contributed by atoms with Crippen molar-refractivity contribution in [2.45, 2.75) is 25.8 Å². The summed E-state index contributed by atoms with van der Waals surface area (Å²) in [5, 5.41) is 3.06. The molecular weight excluding hydrogens is 304 g/mol. The van der Waals surface area contributed by atoms with Crippen LogP contribution in [0.3, 0.4) is 0 Å². The summed E-state index contributed by atoms with van der Waals surface area (Å²) in [4.78, 5) is 20.8. The molecule has 2 aliphatic heterocycles. The van der Waals surface area contributed by atoms with Crippen molar-refractivity contribution in [2.75, 3.05) is 45.3 Å². The molecule has 0 radical (unpaired) electrons. The zero-order valence-electron chi connectivity index (χ0n) is 14.7. The molecule has 6 nitrogen and oxygen atoms in total. The molecule has 1 atom stereocenters. The van der Waals surface area contributed by atoms with Gasteiger partial charge in [-0.05, 0) is 37.2 Å². The van der Waals surface area contributed by atoms with E-state index >= 15 is 0 Å². The molecule has 1 aromatic heterocycles. The molecule has 3 heterocycles. The number of ether oxygens (including phenoxy) is 1. The molecule has 132 valence electrons. The maximum atomic E-state index is 12.5. The van der Waals surface area contributed by atoms with Gasteiger partial charge in [-0.2, -0.15) is 0 Å². The molecule has 0 aromatic carbocycles. The molecule has 2 aliphatic rings. The van der Waals surface area contributed by atoms with Crippen LogP contribution in [-0.2, 0) is 11.3 Å². The fraction of sp³-hybridized carbons (Fsp3) is 0.667. The van der Waals surface area contributed by atoms with Crippen molar-refractivity contribution in [3.8, 4) is 0 Å². The maximum Gasteiger partial charge on any atom is 0.317 e. The Morgan fingerprint density at radius 1 is 1.33 bits per heavy atom. The minimum absolute atomic E-state index is 0.0399. The number of hydrogen-bond acceptors (Lipinski definition) is 4. The number of aromatic nitrogens is 1. The Hall–Kier alpha value is -1.82. The molecule has 0 bridgehead atoms. The number of carbonyl (C=O) groups is 1. The predicted octanol–water partition coefficient (Wildman–Crippen LogP) is 2.11. The van der Waals surface area contributed by atoms with E-state index in [1.807, 2.05) is 36.0 Å². The molecule has 2 saturated heterocycles. The predicted molar refractivity (Wildman–Crippen MR) is 94.0 cm³/mol. The summed E-state index contributed by atoms with van der Waals surface area (Å²) in [6, 6.07) is 3.96. The zero-order valence-corrected chi connectivity index (χ0v) is 14.7. The van der Waals surface area contributed by atoms with Crippen LogP contribution in [0.25, 0.3) is 0 Å². The van der Waals surface area contributed by atoms with Gasteiger partial charge in [0.1, 0.15) is 5.82 Å². The summed E-state index contributed by atoms with van der Waals surface area (Å²) in [6.45, 7) is 4.01. The lowest BCUT2D eigenvalue weighted by molar-refractivity contribution is 0.0484. The molecule has 1 N–H and O–H groups in total. The van der Waals surface area contributed by atoms with E-state index in [0.717, 1.165) is 62.9 Å². The van der Waals surface area contributed by atoms with Crippen molar-refractivity contribution in [2.24, 2.45) is 11.8 Å². The van der Waals surface area contributed by atoms with Crippen LogP contribution in [0.4, 0.5) is 10.6 Å². The van der Waals surface area contributed by atoms with Gasteiger partial charge in [0, 0.05) is 58.7 Å². The number of carbonyl (C=O) groups excluding carboxylic acids is 1. The highest BCUT2D eigenvalue weighted by molar-refractivity contribution is 5.74. The van der Waals surface area contributed by atoms with Crippen molar-refractivity contribution >= 4 is 11.8 Å². The first-order chi connectivity index (χ1) is 11.6. The third-order valence-corrected chi connectivity index (χ3v) is 5.17. The van der Waals surface area contributed by atoms with E-state index in [4.69, 9.17) is 4.74 Å². The van der Waals surface area contributed by atoms with E-state index in [1.165, 1.54) is 0 Å². The first-order valence-corrected chi connectivity index (χ1v) is 8.87. The van der Waals surface area contributed by atoms with Gasteiger partial charge in [-0.15, -0.1) is 0 Å². The summed E-state index contributed by atoms with van der Waals surface area (Å²) in [5.41, 5.74) is 1.04. The lowest BCUT2D eigenvalue weighted by Gasteiger charge is -2.27. The summed E-state index contributed by atoms with van der Waals surface area (Å²) in [7, 11) is 3.93. The normalized spacial score (nSPS) is 21.8. The van der Waals surface area contributed by atoms with E-state index in [1.54, 1.807) is 6.20 Å². The Kier molecular flexibility index (Phi) is 5.56. The van der Waals surface area contributed by atoms with Crippen molar-refractivity contribution in [1.82, 2.24) is 15.2 Å². The summed E-state index contributed by atoms with van der Waals surface area (Å²) in [6.07, 6.45) is 5.18. The average molecular weight is 332 g/mol. The molecule has 0 spiro atoms. The lowest BCUT2D eigenvalue weighted by atomic mass is 9.85. The highest BCUT2D eigenvalue weighted by Gasteiger charge is 2.32. The van der Waals surface area contributed by atoms with E-state index in [2.05, 4.69) is 10.3 Å². The first kappa shape index (κ1) is 17.0. The largest absolute Gasteiger partial charge is 0.381 e. The molecule has 1 aromatic rings. The van der Waals surface area contributed by atoms with Crippen molar-refractivity contribution in [3.63, 3.8) is 0 Å². The number of nitrogens with one attached hydrogen (secondary N) is 1. The number of pyridine rings is 1. The van der Waals surface area contributed by atoms with Crippen molar-refractivity contribution in [1.29, 1.82) is 0 Å². The van der Waals surface area contributed by atoms with Gasteiger partial charge in [0.25, 0.3) is 0 Å². The lowest BCUT2D eigenvalue weighted by Crippen LogP contribution is -2.39. The standard InChI is InChI=1S/C18H28N4O2/c1-21(2)17-15(4-3-8-19-17)12-20-18(23)22-9-5-16(13-22)14-6-10-24-11-7-14/h3-4,8,14,16H,5-7,9-13H2,1-2H3,(H,20,23)/t16-/m1/s1. The number of nitrogens with zero attached hydrogens (tertiary/aromatic N) is 3. The zero-order chi connectivity index (χ0) is 16.9. The van der Waals surface area contributed by atoms with Crippen LogP contribution in [0.5, 0.6) is 0 Å². The van der Waals surface area contributed by atoms with Gasteiger partial charge in [0.15, 0.2) is 0 Å². The molecule has 2 amide bonds. The Morgan fingerprint density at radius 2 is 2.12 bits per heavy atom. The van der Waals surface area contributed by atoms with Gasteiger partial charge >= 0.3 is 6.03 Å². The number of anilines is 1. The average Bonchev–Trinajstić information content (AvgIpc) is 3.11. The van der Waals surface area contributed by atoms with Crippen LogP contribution in [-0.4, -0.2) is 56.3 Å². The molecule has 0 unspecified atom stereocenters. The van der Waals surface area contributed by atoms with E-state index in [0.29, 0.717) is 12.5 Å². The van der Waals surface area contributed by atoms with Gasteiger partial charge in [-0.25, -0.2) is 9.78 Å². The quantitative estimate of drug-likeness (QED) is 0.917. The van der Waals surface area contributed by atoms with E-state index in [-0.39, 0.29) is 6.03 Å². The van der Waals surface area contributed by atoms with Crippen molar-refractivity contribution in [3.05, 3.63) is 23.9 Å². The van der Waals surface area contributed by atoms with Crippen molar-refractivity contribution < 1.29 is 9.53 Å². The van der Waals surface area contributed by atoms with Crippen LogP contribution < -0.4 is 10.2 Å². The fourth-order valence-electron chi connectivity index (χ4n) is 3.80. The van der Waals surface area contributed by atoms with Gasteiger partial charge in [-0.3, -0.25) is 0 Å². The Labute approximate surface area is 144 Å². The number of likely N-dealkylation sites (tertiary alicyclic amines) is 1. The third kappa shape index (κ3) is 3.98. The Balaban J connectivity index is 1.51. The molecule has 2 fully saturated rings. The fourth-order valence-corrected chi connectivity index (χ4v) is 3.80. The highest BCUT2D eigenvalue weighted by atomic mass is 16.5. The summed E-state index contributed by atoms with van der Waals surface area (Å²) in [5.74, 6) is 2.25. The van der Waals surface area contributed by atoms with E-state index in [9.17, 15) is 4.79 Å². The van der Waals surface area contributed by atoms with Gasteiger partial charge < -0.3 is 19.9 Å². The maximum absolute atomic E-state index is 12.5. The molecular formula is C18H28N4O2. The topological polar surface area (TPSA) is 57.7 Å². The third-order valence-electron chi connectivity index (χ3n) is 5.17. The summed E-state index contributed by atoms with van der Waals surface area (Å²) >= 11 is 0.